The molecule has 1 aromatic rings. The standard InChI is InChI=1S/C9H12Br2N2O2/c1-3-4-5-13-7(10)6(8(14)15-2)12-9(13)11/h3-5H2,1-2H3. The summed E-state index contributed by atoms with van der Waals surface area (Å²) < 4.78 is 7.83. The molecule has 0 bridgehead atoms. The molecule has 0 saturated heterocycles. The van der Waals surface area contributed by atoms with E-state index in [0.29, 0.717) is 15.0 Å². The van der Waals surface area contributed by atoms with Crippen LogP contribution in [0.5, 0.6) is 0 Å². The minimum atomic E-state index is -0.433. The molecule has 6 heteroatoms. The Labute approximate surface area is 105 Å². The number of hydrogen-bond donors (Lipinski definition) is 0. The van der Waals surface area contributed by atoms with E-state index < -0.39 is 5.97 Å². The van der Waals surface area contributed by atoms with Gasteiger partial charge in [-0.3, -0.25) is 0 Å². The predicted molar refractivity (Wildman–Crippen MR) is 63.9 cm³/mol. The summed E-state index contributed by atoms with van der Waals surface area (Å²) >= 11 is 6.65. The van der Waals surface area contributed by atoms with E-state index in [1.54, 1.807) is 0 Å². The van der Waals surface area contributed by atoms with Crippen molar-refractivity contribution < 1.29 is 9.53 Å². The SMILES string of the molecule is CCCCn1c(Br)nc(C(=O)OC)c1Br. The summed E-state index contributed by atoms with van der Waals surface area (Å²) in [6.07, 6.45) is 2.12. The second kappa shape index (κ2) is 5.65. The lowest BCUT2D eigenvalue weighted by Crippen LogP contribution is -2.03. The number of ether oxygens (including phenoxy) is 1. The van der Waals surface area contributed by atoms with Crippen LogP contribution in [0.3, 0.4) is 0 Å². The molecule has 0 aliphatic carbocycles. The zero-order valence-corrected chi connectivity index (χ0v) is 11.8. The van der Waals surface area contributed by atoms with E-state index in [0.717, 1.165) is 19.4 Å². The number of carbonyl (C=O) groups excluding carboxylic acids is 1. The van der Waals surface area contributed by atoms with Gasteiger partial charge in [-0.1, -0.05) is 13.3 Å². The first kappa shape index (κ1) is 12.7. The van der Waals surface area contributed by atoms with Crippen molar-refractivity contribution in [3.8, 4) is 0 Å². The number of halogens is 2. The predicted octanol–water partition coefficient (Wildman–Crippen LogP) is 2.99. The molecule has 1 rings (SSSR count). The van der Waals surface area contributed by atoms with Crippen LogP contribution in [-0.2, 0) is 11.3 Å². The number of imidazole rings is 1. The van der Waals surface area contributed by atoms with Crippen molar-refractivity contribution in [3.05, 3.63) is 15.0 Å². The Kier molecular flexibility index (Phi) is 4.79. The number of methoxy groups -OCH3 is 1. The van der Waals surface area contributed by atoms with Gasteiger partial charge in [-0.2, -0.15) is 0 Å². The van der Waals surface area contributed by atoms with Crippen LogP contribution in [0.15, 0.2) is 9.34 Å². The average Bonchev–Trinajstić information content (AvgIpc) is 2.51. The number of hydrogen-bond acceptors (Lipinski definition) is 3. The number of nitrogens with zero attached hydrogens (tertiary/aromatic N) is 2. The molecule has 0 fully saturated rings. The van der Waals surface area contributed by atoms with Crippen molar-refractivity contribution in [1.29, 1.82) is 0 Å². The molecule has 1 aromatic heterocycles. The Morgan fingerprint density at radius 3 is 2.73 bits per heavy atom. The average molecular weight is 340 g/mol. The van der Waals surface area contributed by atoms with Crippen molar-refractivity contribution in [2.24, 2.45) is 0 Å². The van der Waals surface area contributed by atoms with Crippen LogP contribution >= 0.6 is 31.9 Å². The summed E-state index contributed by atoms with van der Waals surface area (Å²) in [5.41, 5.74) is 0.306. The minimum Gasteiger partial charge on any atom is -0.464 e. The first-order valence-corrected chi connectivity index (χ1v) is 6.20. The number of carbonyl (C=O) groups is 1. The summed E-state index contributed by atoms with van der Waals surface area (Å²) in [4.78, 5) is 15.4. The van der Waals surface area contributed by atoms with Crippen LogP contribution in [0.25, 0.3) is 0 Å². The monoisotopic (exact) mass is 338 g/mol. The van der Waals surface area contributed by atoms with Crippen LogP contribution in [0.2, 0.25) is 0 Å². The number of aromatic nitrogens is 2. The molecule has 15 heavy (non-hydrogen) atoms. The minimum absolute atomic E-state index is 0.306. The number of rotatable bonds is 4. The van der Waals surface area contributed by atoms with Gasteiger partial charge < -0.3 is 9.30 Å². The molecule has 84 valence electrons. The molecule has 0 aliphatic heterocycles. The van der Waals surface area contributed by atoms with Crippen molar-refractivity contribution in [2.45, 2.75) is 26.3 Å². The van der Waals surface area contributed by atoms with Crippen molar-refractivity contribution in [2.75, 3.05) is 7.11 Å². The Balaban J connectivity index is 2.98. The second-order valence-corrected chi connectivity index (χ2v) is 4.48. The van der Waals surface area contributed by atoms with Gasteiger partial charge in [0.05, 0.1) is 7.11 Å². The largest absolute Gasteiger partial charge is 0.464 e. The molecule has 0 aliphatic rings. The van der Waals surface area contributed by atoms with Gasteiger partial charge in [-0.25, -0.2) is 9.78 Å². The van der Waals surface area contributed by atoms with Gasteiger partial charge in [0.1, 0.15) is 4.60 Å². The molecule has 0 saturated carbocycles. The van der Waals surface area contributed by atoms with E-state index in [1.165, 1.54) is 7.11 Å². The van der Waals surface area contributed by atoms with Crippen LogP contribution in [-0.4, -0.2) is 22.6 Å². The smallest absolute Gasteiger partial charge is 0.359 e. The molecule has 0 amide bonds. The summed E-state index contributed by atoms with van der Waals surface area (Å²) in [6.45, 7) is 2.93. The quantitative estimate of drug-likeness (QED) is 0.792. The van der Waals surface area contributed by atoms with E-state index in [4.69, 9.17) is 0 Å². The summed E-state index contributed by atoms with van der Waals surface area (Å²) in [7, 11) is 1.34. The highest BCUT2D eigenvalue weighted by molar-refractivity contribution is 9.11. The van der Waals surface area contributed by atoms with Gasteiger partial charge in [0, 0.05) is 6.54 Å². The van der Waals surface area contributed by atoms with Crippen molar-refractivity contribution in [3.63, 3.8) is 0 Å². The van der Waals surface area contributed by atoms with Gasteiger partial charge in [0.25, 0.3) is 0 Å². The summed E-state index contributed by atoms with van der Waals surface area (Å²) in [6, 6.07) is 0. The fourth-order valence-corrected chi connectivity index (χ4v) is 2.51. The Morgan fingerprint density at radius 2 is 2.20 bits per heavy atom. The molecular formula is C9H12Br2N2O2. The Morgan fingerprint density at radius 1 is 1.53 bits per heavy atom. The van der Waals surface area contributed by atoms with Gasteiger partial charge in [-0.15, -0.1) is 0 Å². The van der Waals surface area contributed by atoms with E-state index in [9.17, 15) is 4.79 Å². The van der Waals surface area contributed by atoms with Crippen LogP contribution in [0.1, 0.15) is 30.3 Å². The van der Waals surface area contributed by atoms with E-state index in [-0.39, 0.29) is 0 Å². The summed E-state index contributed by atoms with van der Waals surface area (Å²) in [5, 5.41) is 0. The lowest BCUT2D eigenvalue weighted by atomic mass is 10.3. The van der Waals surface area contributed by atoms with E-state index >= 15 is 0 Å². The third-order valence-corrected chi connectivity index (χ3v) is 3.38. The number of esters is 1. The lowest BCUT2D eigenvalue weighted by molar-refractivity contribution is 0.0593. The fraction of sp³-hybridized carbons (Fsp3) is 0.556. The normalized spacial score (nSPS) is 10.4. The molecule has 4 nitrogen and oxygen atoms in total. The Hall–Kier alpha value is -0.360. The molecular weight excluding hydrogens is 328 g/mol. The van der Waals surface area contributed by atoms with Gasteiger partial charge >= 0.3 is 5.97 Å². The second-order valence-electron chi connectivity index (χ2n) is 3.02. The molecule has 0 aromatic carbocycles. The van der Waals surface area contributed by atoms with E-state index in [2.05, 4.69) is 48.5 Å². The lowest BCUT2D eigenvalue weighted by Gasteiger charge is -2.03. The zero-order valence-electron chi connectivity index (χ0n) is 8.59. The van der Waals surface area contributed by atoms with Crippen LogP contribution in [0.4, 0.5) is 0 Å². The van der Waals surface area contributed by atoms with Crippen LogP contribution in [0, 0.1) is 0 Å². The Bertz CT molecular complexity index is 363. The molecule has 0 unspecified atom stereocenters. The highest BCUT2D eigenvalue weighted by Crippen LogP contribution is 2.23. The molecule has 1 heterocycles. The van der Waals surface area contributed by atoms with Gasteiger partial charge in [-0.05, 0) is 38.3 Å². The third-order valence-electron chi connectivity index (χ3n) is 1.97. The van der Waals surface area contributed by atoms with Gasteiger partial charge in [0.15, 0.2) is 10.4 Å². The van der Waals surface area contributed by atoms with Gasteiger partial charge in [0.2, 0.25) is 0 Å². The van der Waals surface area contributed by atoms with E-state index in [1.807, 2.05) is 4.57 Å². The third kappa shape index (κ3) is 2.81. The van der Waals surface area contributed by atoms with Crippen molar-refractivity contribution in [1.82, 2.24) is 9.55 Å². The maximum Gasteiger partial charge on any atom is 0.359 e. The zero-order chi connectivity index (χ0) is 11.4. The fourth-order valence-electron chi connectivity index (χ4n) is 1.14. The molecule has 0 spiro atoms. The first-order valence-electron chi connectivity index (χ1n) is 4.61. The topological polar surface area (TPSA) is 44.1 Å². The molecule has 0 radical (unpaired) electrons. The highest BCUT2D eigenvalue weighted by Gasteiger charge is 2.19. The number of unbranched alkanes of at least 4 members (excludes halogenated alkanes) is 1. The summed E-state index contributed by atoms with van der Waals surface area (Å²) in [5.74, 6) is -0.433. The van der Waals surface area contributed by atoms with Crippen molar-refractivity contribution >= 4 is 37.8 Å². The maximum absolute atomic E-state index is 11.3. The molecule has 0 N–H and O–H groups in total. The maximum atomic E-state index is 11.3. The van der Waals surface area contributed by atoms with Crippen LogP contribution < -0.4 is 0 Å². The highest BCUT2D eigenvalue weighted by atomic mass is 79.9. The molecule has 0 atom stereocenters. The first-order chi connectivity index (χ1) is 7.11.